The number of amides is 2. The average molecular weight is 428 g/mol. The Hall–Kier alpha value is -1.64. The molecule has 2 heterocycles. The minimum absolute atomic E-state index is 0. The molecule has 0 aliphatic heterocycles. The molecule has 156 valence electrons. The molecule has 0 radical (unpaired) electrons. The van der Waals surface area contributed by atoms with Gasteiger partial charge in [-0.05, 0) is 38.7 Å². The van der Waals surface area contributed by atoms with Crippen molar-refractivity contribution in [1.29, 1.82) is 0 Å². The van der Waals surface area contributed by atoms with E-state index >= 15 is 0 Å². The molecular weight excluding hydrogens is 398 g/mol. The van der Waals surface area contributed by atoms with Crippen LogP contribution in [-0.4, -0.2) is 40.2 Å². The van der Waals surface area contributed by atoms with Crippen LogP contribution in [0.15, 0.2) is 6.07 Å². The smallest absolute Gasteiger partial charge is 0.262 e. The van der Waals surface area contributed by atoms with E-state index < -0.39 is 6.04 Å². The van der Waals surface area contributed by atoms with E-state index in [0.29, 0.717) is 17.3 Å². The highest BCUT2D eigenvalue weighted by molar-refractivity contribution is 7.20. The highest BCUT2D eigenvalue weighted by Crippen LogP contribution is 2.28. The van der Waals surface area contributed by atoms with Crippen molar-refractivity contribution in [3.05, 3.63) is 16.6 Å². The Morgan fingerprint density at radius 2 is 2.00 bits per heavy atom. The molecule has 1 aliphatic carbocycles. The van der Waals surface area contributed by atoms with Crippen molar-refractivity contribution < 1.29 is 9.59 Å². The summed E-state index contributed by atoms with van der Waals surface area (Å²) < 4.78 is 1.78. The first kappa shape index (κ1) is 22.6. The number of carbonyl (C=O) groups is 2. The summed E-state index contributed by atoms with van der Waals surface area (Å²) in [6.07, 6.45) is 5.88. The lowest BCUT2D eigenvalue weighted by atomic mass is 9.84. The van der Waals surface area contributed by atoms with Gasteiger partial charge in [-0.1, -0.05) is 19.3 Å². The van der Waals surface area contributed by atoms with Crippen LogP contribution in [0, 0.1) is 12.8 Å². The van der Waals surface area contributed by atoms with Gasteiger partial charge < -0.3 is 16.4 Å². The molecule has 2 unspecified atom stereocenters. The molecular formula is C19H30ClN5O2S. The molecule has 2 aromatic rings. The van der Waals surface area contributed by atoms with E-state index in [1.54, 1.807) is 11.6 Å². The maximum absolute atomic E-state index is 12.6. The van der Waals surface area contributed by atoms with Crippen LogP contribution in [0.5, 0.6) is 0 Å². The second-order valence-corrected chi connectivity index (χ2v) is 8.51. The third kappa shape index (κ3) is 4.85. The van der Waals surface area contributed by atoms with Crippen LogP contribution in [0.3, 0.4) is 0 Å². The van der Waals surface area contributed by atoms with E-state index in [-0.39, 0.29) is 30.3 Å². The van der Waals surface area contributed by atoms with Crippen molar-refractivity contribution in [1.82, 2.24) is 20.4 Å². The third-order valence-electron chi connectivity index (χ3n) is 5.46. The van der Waals surface area contributed by atoms with E-state index in [2.05, 4.69) is 15.7 Å². The molecule has 9 heteroatoms. The summed E-state index contributed by atoms with van der Waals surface area (Å²) in [5.74, 6) is 0.0252. The number of nitrogens with zero attached hydrogens (tertiary/aromatic N) is 2. The Morgan fingerprint density at radius 1 is 1.32 bits per heavy atom. The minimum Gasteiger partial charge on any atom is -0.350 e. The van der Waals surface area contributed by atoms with E-state index in [1.165, 1.54) is 30.6 Å². The Bertz CT molecular complexity index is 793. The fraction of sp³-hybridized carbons (Fsp3) is 0.632. The number of hydrogen-bond donors (Lipinski definition) is 3. The number of hydrogen-bond acceptors (Lipinski definition) is 5. The van der Waals surface area contributed by atoms with Gasteiger partial charge in [-0.25, -0.2) is 0 Å². The number of rotatable bonds is 6. The van der Waals surface area contributed by atoms with Crippen LogP contribution in [0.25, 0.3) is 10.2 Å². The number of nitrogens with one attached hydrogen (secondary N) is 2. The van der Waals surface area contributed by atoms with Crippen LogP contribution in [0.2, 0.25) is 0 Å². The third-order valence-corrected chi connectivity index (χ3v) is 6.66. The van der Waals surface area contributed by atoms with Gasteiger partial charge in [-0.3, -0.25) is 14.3 Å². The van der Waals surface area contributed by atoms with Crippen molar-refractivity contribution in [3.63, 3.8) is 0 Å². The lowest BCUT2D eigenvalue weighted by Crippen LogP contribution is -2.52. The molecule has 0 saturated heterocycles. The molecule has 7 nitrogen and oxygen atoms in total. The molecule has 2 amide bonds. The van der Waals surface area contributed by atoms with Gasteiger partial charge in [0.25, 0.3) is 5.91 Å². The molecule has 2 atom stereocenters. The van der Waals surface area contributed by atoms with E-state index in [0.717, 1.165) is 28.8 Å². The van der Waals surface area contributed by atoms with Gasteiger partial charge in [0.1, 0.15) is 10.9 Å². The Kier molecular flexibility index (Phi) is 7.86. The van der Waals surface area contributed by atoms with Crippen molar-refractivity contribution in [3.8, 4) is 0 Å². The maximum Gasteiger partial charge on any atom is 0.262 e. The fourth-order valence-corrected chi connectivity index (χ4v) is 4.89. The predicted octanol–water partition coefficient (Wildman–Crippen LogP) is 2.51. The highest BCUT2D eigenvalue weighted by Gasteiger charge is 2.26. The van der Waals surface area contributed by atoms with Gasteiger partial charge in [0.05, 0.1) is 10.6 Å². The van der Waals surface area contributed by atoms with Crippen LogP contribution in [0.4, 0.5) is 0 Å². The fourth-order valence-electron chi connectivity index (χ4n) is 3.86. The quantitative estimate of drug-likeness (QED) is 0.659. The normalized spacial score (nSPS) is 17.0. The average Bonchev–Trinajstić information content (AvgIpc) is 3.22. The van der Waals surface area contributed by atoms with Crippen molar-refractivity contribution in [2.45, 2.75) is 58.0 Å². The minimum atomic E-state index is -0.612. The first-order valence-electron chi connectivity index (χ1n) is 9.65. The van der Waals surface area contributed by atoms with E-state index in [4.69, 9.17) is 5.73 Å². The summed E-state index contributed by atoms with van der Waals surface area (Å²) in [5.41, 5.74) is 6.79. The zero-order chi connectivity index (χ0) is 19.6. The molecule has 0 bridgehead atoms. The molecule has 1 saturated carbocycles. The number of thiophene rings is 1. The highest BCUT2D eigenvalue weighted by atomic mass is 35.5. The molecule has 28 heavy (non-hydrogen) atoms. The van der Waals surface area contributed by atoms with Gasteiger partial charge in [-0.2, -0.15) is 5.10 Å². The summed E-state index contributed by atoms with van der Waals surface area (Å²) in [4.78, 5) is 26.7. The largest absolute Gasteiger partial charge is 0.350 e. The molecule has 0 aromatic carbocycles. The lowest BCUT2D eigenvalue weighted by molar-refractivity contribution is -0.123. The van der Waals surface area contributed by atoms with Gasteiger partial charge in [-0.15, -0.1) is 23.7 Å². The number of halogens is 1. The molecule has 1 fully saturated rings. The summed E-state index contributed by atoms with van der Waals surface area (Å²) in [6, 6.07) is 1.21. The molecule has 0 spiro atoms. The number of nitrogens with two attached hydrogens (primary N) is 1. The van der Waals surface area contributed by atoms with Crippen LogP contribution < -0.4 is 16.4 Å². The molecule has 3 rings (SSSR count). The van der Waals surface area contributed by atoms with Crippen molar-refractivity contribution in [2.75, 3.05) is 6.54 Å². The first-order chi connectivity index (χ1) is 12.9. The molecule has 2 aromatic heterocycles. The predicted molar refractivity (Wildman–Crippen MR) is 115 cm³/mol. The van der Waals surface area contributed by atoms with Crippen molar-refractivity contribution in [2.24, 2.45) is 18.7 Å². The van der Waals surface area contributed by atoms with Crippen LogP contribution >= 0.6 is 23.7 Å². The second kappa shape index (κ2) is 9.71. The van der Waals surface area contributed by atoms with E-state index in [1.807, 2.05) is 20.0 Å². The number of carbonyl (C=O) groups excluding carboxylic acids is 2. The monoisotopic (exact) mass is 427 g/mol. The first-order valence-corrected chi connectivity index (χ1v) is 10.5. The lowest BCUT2D eigenvalue weighted by Gasteiger charge is -2.31. The number of aromatic nitrogens is 2. The Labute approximate surface area is 175 Å². The van der Waals surface area contributed by atoms with E-state index in [9.17, 15) is 9.59 Å². The molecule has 1 aliphatic rings. The van der Waals surface area contributed by atoms with Crippen LogP contribution in [0.1, 0.15) is 54.4 Å². The topological polar surface area (TPSA) is 102 Å². The molecule has 4 N–H and O–H groups in total. The summed E-state index contributed by atoms with van der Waals surface area (Å²) in [6.45, 7) is 4.06. The number of fused-ring (bicyclic) bond motifs is 1. The summed E-state index contributed by atoms with van der Waals surface area (Å²) in [5, 5.41) is 11.2. The van der Waals surface area contributed by atoms with Gasteiger partial charge in [0.15, 0.2) is 0 Å². The van der Waals surface area contributed by atoms with Crippen molar-refractivity contribution >= 4 is 45.8 Å². The zero-order valence-electron chi connectivity index (χ0n) is 16.7. The maximum atomic E-state index is 12.6. The summed E-state index contributed by atoms with van der Waals surface area (Å²) >= 11 is 1.38. The second-order valence-electron chi connectivity index (χ2n) is 7.48. The van der Waals surface area contributed by atoms with Gasteiger partial charge in [0.2, 0.25) is 5.91 Å². The zero-order valence-corrected chi connectivity index (χ0v) is 18.3. The van der Waals surface area contributed by atoms with Gasteiger partial charge >= 0.3 is 0 Å². The summed E-state index contributed by atoms with van der Waals surface area (Å²) in [7, 11) is 1.86. The number of aryl methyl sites for hydroxylation is 2. The SMILES string of the molecule is Cc1nn(C)c2sc(C(=O)NC(C)C(=O)NC(CN)C3CCCCC3)cc12.Cl. The Morgan fingerprint density at radius 3 is 2.61 bits per heavy atom. The Balaban J connectivity index is 0.00000280. The van der Waals surface area contributed by atoms with Gasteiger partial charge in [0, 0.05) is 25.0 Å². The van der Waals surface area contributed by atoms with Crippen LogP contribution in [-0.2, 0) is 11.8 Å². The standard InChI is InChI=1S/C19H29N5O2S.ClH/c1-11-14-9-16(27-19(14)24(3)23-11)18(26)21-12(2)17(25)22-15(10-20)13-7-5-4-6-8-13;/h9,12-13,15H,4-8,10,20H2,1-3H3,(H,21,26)(H,22,25);1H.